The third-order valence-electron chi connectivity index (χ3n) is 3.21. The second-order valence-electron chi connectivity index (χ2n) is 5.66. The molecule has 0 aliphatic heterocycles. The topological polar surface area (TPSA) is 64.3 Å². The van der Waals surface area contributed by atoms with E-state index in [1.165, 1.54) is 5.56 Å². The molecule has 0 fully saturated rings. The lowest BCUT2D eigenvalue weighted by Gasteiger charge is -2.12. The molecule has 0 unspecified atom stereocenters. The maximum atomic E-state index is 12.0. The Hall–Kier alpha value is -2.49. The van der Waals surface area contributed by atoms with Crippen LogP contribution in [0.5, 0.6) is 5.75 Å². The van der Waals surface area contributed by atoms with E-state index in [4.69, 9.17) is 10.5 Å². The smallest absolute Gasteiger partial charge is 0.251 e. The molecule has 116 valence electrons. The number of aryl methyl sites for hydroxylation is 1. The minimum absolute atomic E-state index is 0.0852. The highest BCUT2D eigenvalue weighted by atomic mass is 16.5. The lowest BCUT2D eigenvalue weighted by atomic mass is 10.1. The summed E-state index contributed by atoms with van der Waals surface area (Å²) >= 11 is 0. The maximum absolute atomic E-state index is 12.0. The van der Waals surface area contributed by atoms with Crippen LogP contribution in [0.3, 0.4) is 0 Å². The molecule has 0 radical (unpaired) electrons. The molecule has 0 aliphatic carbocycles. The van der Waals surface area contributed by atoms with Crippen LogP contribution in [0.4, 0.5) is 5.69 Å². The normalized spacial score (nSPS) is 10.5. The molecule has 4 heteroatoms. The number of ether oxygens (including phenoxy) is 1. The molecule has 3 N–H and O–H groups in total. The zero-order chi connectivity index (χ0) is 16.1. The Morgan fingerprint density at radius 3 is 2.50 bits per heavy atom. The van der Waals surface area contributed by atoms with Crippen molar-refractivity contribution in [3.8, 4) is 5.75 Å². The van der Waals surface area contributed by atoms with Crippen molar-refractivity contribution < 1.29 is 9.53 Å². The van der Waals surface area contributed by atoms with E-state index in [9.17, 15) is 4.79 Å². The van der Waals surface area contributed by atoms with Crippen LogP contribution in [0.2, 0.25) is 0 Å². The summed E-state index contributed by atoms with van der Waals surface area (Å²) < 4.78 is 5.75. The number of carbonyl (C=O) groups is 1. The Kier molecular flexibility index (Phi) is 5.04. The molecule has 0 saturated heterocycles. The number of carbonyl (C=O) groups excluding carboxylic acids is 1. The van der Waals surface area contributed by atoms with Gasteiger partial charge in [-0.3, -0.25) is 4.79 Å². The zero-order valence-corrected chi connectivity index (χ0v) is 13.2. The second kappa shape index (κ2) is 6.98. The summed E-state index contributed by atoms with van der Waals surface area (Å²) in [6, 6.07) is 13.3. The Bertz CT molecular complexity index is 649. The molecule has 4 nitrogen and oxygen atoms in total. The van der Waals surface area contributed by atoms with Gasteiger partial charge in [0.25, 0.3) is 5.91 Å². The molecular formula is C18H22N2O2. The molecule has 2 aromatic carbocycles. The first-order valence-corrected chi connectivity index (χ1v) is 7.34. The molecule has 0 aromatic heterocycles. The van der Waals surface area contributed by atoms with E-state index in [-0.39, 0.29) is 11.9 Å². The highest BCUT2D eigenvalue weighted by molar-refractivity contribution is 5.95. The molecule has 22 heavy (non-hydrogen) atoms. The number of hydrogen-bond donors (Lipinski definition) is 2. The molecule has 0 heterocycles. The van der Waals surface area contributed by atoms with Crippen LogP contribution in [0.1, 0.15) is 35.3 Å². The van der Waals surface area contributed by atoms with Gasteiger partial charge in [-0.25, -0.2) is 0 Å². The quantitative estimate of drug-likeness (QED) is 0.832. The highest BCUT2D eigenvalue weighted by Gasteiger charge is 2.10. The third-order valence-corrected chi connectivity index (χ3v) is 3.21. The monoisotopic (exact) mass is 298 g/mol. The van der Waals surface area contributed by atoms with Crippen LogP contribution in [0, 0.1) is 6.92 Å². The first-order valence-electron chi connectivity index (χ1n) is 7.34. The number of nitrogens with one attached hydrogen (secondary N) is 1. The van der Waals surface area contributed by atoms with Crippen LogP contribution in [-0.4, -0.2) is 11.9 Å². The SMILES string of the molecule is Cc1ccc(COc2cc(C(=O)NC(C)C)ccc2N)cc1. The van der Waals surface area contributed by atoms with Crippen LogP contribution in [0.15, 0.2) is 42.5 Å². The van der Waals surface area contributed by atoms with E-state index in [1.54, 1.807) is 18.2 Å². The van der Waals surface area contributed by atoms with Crippen molar-refractivity contribution in [2.75, 3.05) is 5.73 Å². The molecule has 0 spiro atoms. The summed E-state index contributed by atoms with van der Waals surface area (Å²) in [6.07, 6.45) is 0. The first kappa shape index (κ1) is 15.9. The summed E-state index contributed by atoms with van der Waals surface area (Å²) in [5.41, 5.74) is 9.25. The summed E-state index contributed by atoms with van der Waals surface area (Å²) in [7, 11) is 0. The minimum atomic E-state index is -0.129. The van der Waals surface area contributed by atoms with Gasteiger partial charge < -0.3 is 15.8 Å². The number of benzene rings is 2. The molecule has 2 rings (SSSR count). The van der Waals surface area contributed by atoms with Gasteiger partial charge in [0, 0.05) is 11.6 Å². The standard InChI is InChI=1S/C18H22N2O2/c1-12(2)20-18(21)15-8-9-16(19)17(10-15)22-11-14-6-4-13(3)5-7-14/h4-10,12H,11,19H2,1-3H3,(H,20,21). The molecule has 1 amide bonds. The van der Waals surface area contributed by atoms with E-state index in [0.717, 1.165) is 5.56 Å². The van der Waals surface area contributed by atoms with Crippen molar-refractivity contribution in [1.82, 2.24) is 5.32 Å². The minimum Gasteiger partial charge on any atom is -0.487 e. The number of anilines is 1. The van der Waals surface area contributed by atoms with Gasteiger partial charge in [-0.05, 0) is 44.5 Å². The fraction of sp³-hybridized carbons (Fsp3) is 0.278. The number of rotatable bonds is 5. The van der Waals surface area contributed by atoms with Gasteiger partial charge in [0.2, 0.25) is 0 Å². The van der Waals surface area contributed by atoms with E-state index >= 15 is 0 Å². The Morgan fingerprint density at radius 1 is 1.18 bits per heavy atom. The van der Waals surface area contributed by atoms with Gasteiger partial charge in [-0.15, -0.1) is 0 Å². The van der Waals surface area contributed by atoms with Crippen molar-refractivity contribution in [3.63, 3.8) is 0 Å². The molecule has 0 saturated carbocycles. The molecular weight excluding hydrogens is 276 g/mol. The zero-order valence-electron chi connectivity index (χ0n) is 13.2. The van der Waals surface area contributed by atoms with E-state index < -0.39 is 0 Å². The second-order valence-corrected chi connectivity index (χ2v) is 5.66. The van der Waals surface area contributed by atoms with Gasteiger partial charge in [0.15, 0.2) is 0 Å². The van der Waals surface area contributed by atoms with E-state index in [0.29, 0.717) is 23.6 Å². The Morgan fingerprint density at radius 2 is 1.86 bits per heavy atom. The fourth-order valence-corrected chi connectivity index (χ4v) is 1.99. The number of amides is 1. The average molecular weight is 298 g/mol. The lowest BCUT2D eigenvalue weighted by molar-refractivity contribution is 0.0942. The Balaban J connectivity index is 2.09. The predicted octanol–water partition coefficient (Wildman–Crippen LogP) is 3.29. The fourth-order valence-electron chi connectivity index (χ4n) is 1.99. The number of hydrogen-bond acceptors (Lipinski definition) is 3. The van der Waals surface area contributed by atoms with E-state index in [2.05, 4.69) is 5.32 Å². The third kappa shape index (κ3) is 4.25. The summed E-state index contributed by atoms with van der Waals surface area (Å²) in [4.78, 5) is 12.0. The Labute approximate surface area is 131 Å². The van der Waals surface area contributed by atoms with Crippen molar-refractivity contribution >= 4 is 11.6 Å². The van der Waals surface area contributed by atoms with Crippen molar-refractivity contribution in [2.24, 2.45) is 0 Å². The predicted molar refractivity (Wildman–Crippen MR) is 89.0 cm³/mol. The molecule has 0 atom stereocenters. The average Bonchev–Trinajstić information content (AvgIpc) is 2.47. The summed E-state index contributed by atoms with van der Waals surface area (Å²) in [5, 5.41) is 2.85. The molecule has 0 bridgehead atoms. The maximum Gasteiger partial charge on any atom is 0.251 e. The summed E-state index contributed by atoms with van der Waals surface area (Å²) in [5.74, 6) is 0.396. The molecule has 2 aromatic rings. The summed E-state index contributed by atoms with van der Waals surface area (Å²) in [6.45, 7) is 6.30. The van der Waals surface area contributed by atoms with Crippen molar-refractivity contribution in [3.05, 3.63) is 59.2 Å². The first-order chi connectivity index (χ1) is 10.5. The van der Waals surface area contributed by atoms with Gasteiger partial charge in [-0.1, -0.05) is 29.8 Å². The number of nitrogen functional groups attached to an aromatic ring is 1. The largest absolute Gasteiger partial charge is 0.487 e. The van der Waals surface area contributed by atoms with Crippen LogP contribution in [-0.2, 0) is 6.61 Å². The lowest BCUT2D eigenvalue weighted by Crippen LogP contribution is -2.30. The number of nitrogens with two attached hydrogens (primary N) is 1. The molecule has 0 aliphatic rings. The highest BCUT2D eigenvalue weighted by Crippen LogP contribution is 2.24. The van der Waals surface area contributed by atoms with Gasteiger partial charge in [0.1, 0.15) is 12.4 Å². The van der Waals surface area contributed by atoms with Gasteiger partial charge in [0.05, 0.1) is 5.69 Å². The van der Waals surface area contributed by atoms with Crippen LogP contribution >= 0.6 is 0 Å². The van der Waals surface area contributed by atoms with Crippen LogP contribution in [0.25, 0.3) is 0 Å². The van der Waals surface area contributed by atoms with Crippen molar-refractivity contribution in [2.45, 2.75) is 33.4 Å². The van der Waals surface area contributed by atoms with E-state index in [1.807, 2.05) is 45.0 Å². The van der Waals surface area contributed by atoms with Gasteiger partial charge >= 0.3 is 0 Å². The van der Waals surface area contributed by atoms with Crippen molar-refractivity contribution in [1.29, 1.82) is 0 Å². The van der Waals surface area contributed by atoms with Crippen LogP contribution < -0.4 is 15.8 Å². The van der Waals surface area contributed by atoms with Gasteiger partial charge in [-0.2, -0.15) is 0 Å².